The molecule has 104 valence electrons. The first kappa shape index (κ1) is 13.9. The molecule has 2 aromatic carbocycles. The van der Waals surface area contributed by atoms with E-state index in [-0.39, 0.29) is 6.03 Å². The normalized spacial score (nSPS) is 10.1. The van der Waals surface area contributed by atoms with Crippen LogP contribution in [0.3, 0.4) is 0 Å². The lowest BCUT2D eigenvalue weighted by Gasteiger charge is -2.21. The van der Waals surface area contributed by atoms with Crippen LogP contribution in [-0.2, 0) is 0 Å². The summed E-state index contributed by atoms with van der Waals surface area (Å²) in [6, 6.07) is 14.8. The summed E-state index contributed by atoms with van der Waals surface area (Å²) in [4.78, 5) is 14.0. The molecule has 0 fully saturated rings. The zero-order valence-electron chi connectivity index (χ0n) is 11.8. The average molecular weight is 269 g/mol. The molecule has 4 heteroatoms. The Hall–Kier alpha value is -2.49. The van der Waals surface area contributed by atoms with Crippen LogP contribution in [0.4, 0.5) is 21.9 Å². The molecule has 0 aliphatic rings. The van der Waals surface area contributed by atoms with Crippen LogP contribution in [0.5, 0.6) is 0 Å². The lowest BCUT2D eigenvalue weighted by Crippen LogP contribution is -2.34. The molecule has 0 atom stereocenters. The van der Waals surface area contributed by atoms with Crippen LogP contribution in [0.2, 0.25) is 0 Å². The quantitative estimate of drug-likeness (QED) is 0.836. The predicted octanol–water partition coefficient (Wildman–Crippen LogP) is 3.64. The first-order valence-corrected chi connectivity index (χ1v) is 6.61. The lowest BCUT2D eigenvalue weighted by atomic mass is 10.2. The number of nitrogens with zero attached hydrogens (tertiary/aromatic N) is 1. The number of rotatable bonds is 3. The van der Waals surface area contributed by atoms with Gasteiger partial charge in [0.2, 0.25) is 0 Å². The van der Waals surface area contributed by atoms with E-state index in [1.165, 1.54) is 5.56 Å². The summed E-state index contributed by atoms with van der Waals surface area (Å²) in [5.74, 6) is 0. The number of hydrogen-bond donors (Lipinski definition) is 2. The van der Waals surface area contributed by atoms with Gasteiger partial charge in [-0.15, -0.1) is 0 Å². The Morgan fingerprint density at radius 2 is 1.70 bits per heavy atom. The topological polar surface area (TPSA) is 58.4 Å². The molecule has 0 aromatic heterocycles. The number of nitrogens with one attached hydrogen (secondary N) is 1. The fourth-order valence-electron chi connectivity index (χ4n) is 1.93. The van der Waals surface area contributed by atoms with Crippen molar-refractivity contribution in [3.63, 3.8) is 0 Å². The average Bonchev–Trinajstić information content (AvgIpc) is 2.44. The molecule has 2 aromatic rings. The lowest BCUT2D eigenvalue weighted by molar-refractivity contribution is 0.257. The number of nitrogens with two attached hydrogens (primary N) is 1. The minimum Gasteiger partial charge on any atom is -0.399 e. The van der Waals surface area contributed by atoms with Crippen molar-refractivity contribution in [3.05, 3.63) is 54.1 Å². The van der Waals surface area contributed by atoms with Crippen LogP contribution in [-0.4, -0.2) is 12.6 Å². The molecule has 20 heavy (non-hydrogen) atoms. The van der Waals surface area contributed by atoms with Crippen LogP contribution in [0.1, 0.15) is 12.5 Å². The Morgan fingerprint density at radius 1 is 1.10 bits per heavy atom. The predicted molar refractivity (Wildman–Crippen MR) is 84.1 cm³/mol. The van der Waals surface area contributed by atoms with Gasteiger partial charge in [-0.05, 0) is 50.2 Å². The summed E-state index contributed by atoms with van der Waals surface area (Å²) in [6.45, 7) is 4.57. The molecule has 0 saturated carbocycles. The highest BCUT2D eigenvalue weighted by molar-refractivity contribution is 6.01. The standard InChI is InChI=1S/C16H19N3O/c1-3-19(15-10-4-12(2)5-11-15)16(20)18-14-8-6-13(17)7-9-14/h4-11H,3,17H2,1-2H3,(H,18,20). The SMILES string of the molecule is CCN(C(=O)Nc1ccc(N)cc1)c1ccc(C)cc1. The third kappa shape index (κ3) is 3.29. The first-order chi connectivity index (χ1) is 9.60. The van der Waals surface area contributed by atoms with Gasteiger partial charge in [0, 0.05) is 23.6 Å². The Balaban J connectivity index is 2.13. The number of aryl methyl sites for hydroxylation is 1. The number of benzene rings is 2. The Morgan fingerprint density at radius 3 is 2.25 bits per heavy atom. The van der Waals surface area contributed by atoms with Crippen molar-refractivity contribution in [2.24, 2.45) is 0 Å². The van der Waals surface area contributed by atoms with Gasteiger partial charge in [-0.3, -0.25) is 4.90 Å². The number of amides is 2. The van der Waals surface area contributed by atoms with Crippen molar-refractivity contribution in [2.75, 3.05) is 22.5 Å². The minimum absolute atomic E-state index is 0.152. The van der Waals surface area contributed by atoms with Crippen LogP contribution >= 0.6 is 0 Å². The number of carbonyl (C=O) groups is 1. The van der Waals surface area contributed by atoms with Gasteiger partial charge >= 0.3 is 6.03 Å². The number of urea groups is 1. The van der Waals surface area contributed by atoms with E-state index in [1.54, 1.807) is 29.2 Å². The van der Waals surface area contributed by atoms with Crippen molar-refractivity contribution in [1.29, 1.82) is 0 Å². The van der Waals surface area contributed by atoms with Crippen molar-refractivity contribution in [2.45, 2.75) is 13.8 Å². The van der Waals surface area contributed by atoms with Gasteiger partial charge in [-0.1, -0.05) is 17.7 Å². The van der Waals surface area contributed by atoms with E-state index < -0.39 is 0 Å². The van der Waals surface area contributed by atoms with E-state index in [0.717, 1.165) is 11.4 Å². The highest BCUT2D eigenvalue weighted by Gasteiger charge is 2.13. The highest BCUT2D eigenvalue weighted by atomic mass is 16.2. The third-order valence-electron chi connectivity index (χ3n) is 3.07. The minimum atomic E-state index is -0.152. The Kier molecular flexibility index (Phi) is 4.25. The molecule has 0 unspecified atom stereocenters. The molecule has 3 N–H and O–H groups in total. The maximum Gasteiger partial charge on any atom is 0.326 e. The molecule has 0 heterocycles. The Bertz CT molecular complexity index is 576. The van der Waals surface area contributed by atoms with Gasteiger partial charge in [0.05, 0.1) is 0 Å². The van der Waals surface area contributed by atoms with E-state index >= 15 is 0 Å². The molecule has 0 spiro atoms. The summed E-state index contributed by atoms with van der Waals surface area (Å²) in [5, 5.41) is 2.86. The fourth-order valence-corrected chi connectivity index (χ4v) is 1.93. The number of carbonyl (C=O) groups excluding carboxylic acids is 1. The van der Waals surface area contributed by atoms with Crippen molar-refractivity contribution in [1.82, 2.24) is 0 Å². The maximum atomic E-state index is 12.3. The second-order valence-electron chi connectivity index (χ2n) is 4.63. The number of nitrogen functional groups attached to an aromatic ring is 1. The molecule has 0 saturated heterocycles. The van der Waals surface area contributed by atoms with Crippen LogP contribution in [0.15, 0.2) is 48.5 Å². The fraction of sp³-hybridized carbons (Fsp3) is 0.188. The molecule has 2 rings (SSSR count). The highest BCUT2D eigenvalue weighted by Crippen LogP contribution is 2.17. The summed E-state index contributed by atoms with van der Waals surface area (Å²) < 4.78 is 0. The second-order valence-corrected chi connectivity index (χ2v) is 4.63. The van der Waals surface area contributed by atoms with Gasteiger partial charge in [0.25, 0.3) is 0 Å². The van der Waals surface area contributed by atoms with Gasteiger partial charge in [-0.25, -0.2) is 4.79 Å². The molecule has 0 bridgehead atoms. The summed E-state index contributed by atoms with van der Waals surface area (Å²) >= 11 is 0. The van der Waals surface area contributed by atoms with E-state index in [0.29, 0.717) is 12.2 Å². The first-order valence-electron chi connectivity index (χ1n) is 6.61. The third-order valence-corrected chi connectivity index (χ3v) is 3.07. The van der Waals surface area contributed by atoms with Crippen LogP contribution < -0.4 is 16.0 Å². The monoisotopic (exact) mass is 269 g/mol. The van der Waals surface area contributed by atoms with Gasteiger partial charge in [0.15, 0.2) is 0 Å². The Labute approximate surface area is 119 Å². The van der Waals surface area contributed by atoms with E-state index in [9.17, 15) is 4.79 Å². The van der Waals surface area contributed by atoms with Crippen molar-refractivity contribution in [3.8, 4) is 0 Å². The van der Waals surface area contributed by atoms with Crippen LogP contribution in [0, 0.1) is 6.92 Å². The molecule has 0 radical (unpaired) electrons. The van der Waals surface area contributed by atoms with Crippen LogP contribution in [0.25, 0.3) is 0 Å². The van der Waals surface area contributed by atoms with E-state index in [1.807, 2.05) is 38.1 Å². The molecule has 0 aliphatic carbocycles. The second kappa shape index (κ2) is 6.10. The number of anilines is 3. The summed E-state index contributed by atoms with van der Waals surface area (Å²) in [5.41, 5.74) is 9.08. The molecular weight excluding hydrogens is 250 g/mol. The summed E-state index contributed by atoms with van der Waals surface area (Å²) in [7, 11) is 0. The molecule has 0 aliphatic heterocycles. The van der Waals surface area contributed by atoms with Gasteiger partial charge in [0.1, 0.15) is 0 Å². The van der Waals surface area contributed by atoms with Gasteiger partial charge < -0.3 is 11.1 Å². The van der Waals surface area contributed by atoms with E-state index in [4.69, 9.17) is 5.73 Å². The van der Waals surface area contributed by atoms with Crippen molar-refractivity contribution < 1.29 is 4.79 Å². The maximum absolute atomic E-state index is 12.3. The zero-order valence-corrected chi connectivity index (χ0v) is 11.8. The number of hydrogen-bond acceptors (Lipinski definition) is 2. The smallest absolute Gasteiger partial charge is 0.326 e. The molecule has 4 nitrogen and oxygen atoms in total. The zero-order chi connectivity index (χ0) is 14.5. The van der Waals surface area contributed by atoms with E-state index in [2.05, 4.69) is 5.32 Å². The van der Waals surface area contributed by atoms with Gasteiger partial charge in [-0.2, -0.15) is 0 Å². The summed E-state index contributed by atoms with van der Waals surface area (Å²) in [6.07, 6.45) is 0. The van der Waals surface area contributed by atoms with Crippen molar-refractivity contribution >= 4 is 23.1 Å². The molecular formula is C16H19N3O. The largest absolute Gasteiger partial charge is 0.399 e. The molecule has 2 amide bonds.